The zero-order valence-electron chi connectivity index (χ0n) is 18.2. The van der Waals surface area contributed by atoms with Crippen LogP contribution in [0.1, 0.15) is 12.0 Å². The van der Waals surface area contributed by atoms with E-state index >= 15 is 0 Å². The van der Waals surface area contributed by atoms with Gasteiger partial charge in [-0.15, -0.1) is 0 Å². The van der Waals surface area contributed by atoms with Gasteiger partial charge >= 0.3 is 0 Å². The lowest BCUT2D eigenvalue weighted by molar-refractivity contribution is -0.121. The van der Waals surface area contributed by atoms with Crippen molar-refractivity contribution in [1.82, 2.24) is 0 Å². The molecule has 1 atom stereocenters. The van der Waals surface area contributed by atoms with Crippen molar-refractivity contribution in [3.05, 3.63) is 89.2 Å². The third-order valence-corrected chi connectivity index (χ3v) is 6.46. The largest absolute Gasteiger partial charge is 0.497 e. The molecular weight excluding hydrogens is 477 g/mol. The molecule has 0 bridgehead atoms. The fraction of sp³-hybridized carbons (Fsp3) is 0.160. The third kappa shape index (κ3) is 5.76. The molecule has 0 saturated carbocycles. The molecule has 0 radical (unpaired) electrons. The highest BCUT2D eigenvalue weighted by Crippen LogP contribution is 2.32. The van der Waals surface area contributed by atoms with E-state index in [0.717, 1.165) is 5.56 Å². The minimum absolute atomic E-state index is 0.0423. The van der Waals surface area contributed by atoms with Gasteiger partial charge in [0.1, 0.15) is 16.8 Å². The fourth-order valence-electron chi connectivity index (χ4n) is 3.35. The van der Waals surface area contributed by atoms with E-state index in [1.165, 1.54) is 28.8 Å². The monoisotopic (exact) mass is 497 g/mol. The number of anilines is 2. The molecule has 34 heavy (non-hydrogen) atoms. The van der Waals surface area contributed by atoms with E-state index in [1.807, 2.05) is 12.1 Å². The Morgan fingerprint density at radius 1 is 1.09 bits per heavy atom. The number of aliphatic imine (C=N–C) groups is 1. The second kappa shape index (κ2) is 10.7. The van der Waals surface area contributed by atoms with Gasteiger partial charge in [0.2, 0.25) is 11.8 Å². The number of nitrogens with one attached hydrogen (secondary N) is 1. The Kier molecular flexibility index (Phi) is 7.49. The van der Waals surface area contributed by atoms with Crippen molar-refractivity contribution in [2.24, 2.45) is 4.99 Å². The van der Waals surface area contributed by atoms with Gasteiger partial charge in [-0.25, -0.2) is 9.29 Å². The van der Waals surface area contributed by atoms with Crippen LogP contribution >= 0.6 is 23.4 Å². The van der Waals surface area contributed by atoms with Crippen LogP contribution in [-0.4, -0.2) is 29.3 Å². The van der Waals surface area contributed by atoms with E-state index in [2.05, 4.69) is 10.3 Å². The van der Waals surface area contributed by atoms with E-state index in [-0.39, 0.29) is 24.1 Å². The summed E-state index contributed by atoms with van der Waals surface area (Å²) in [5.74, 6) is -0.329. The minimum Gasteiger partial charge on any atom is -0.497 e. The maximum absolute atomic E-state index is 13.3. The third-order valence-electron chi connectivity index (χ3n) is 5.10. The summed E-state index contributed by atoms with van der Waals surface area (Å²) in [6.45, 7) is 0.338. The molecule has 0 spiro atoms. The predicted molar refractivity (Wildman–Crippen MR) is 134 cm³/mol. The highest BCUT2D eigenvalue weighted by atomic mass is 35.5. The zero-order chi connectivity index (χ0) is 24.1. The summed E-state index contributed by atoms with van der Waals surface area (Å²) >= 11 is 7.13. The topological polar surface area (TPSA) is 71.0 Å². The van der Waals surface area contributed by atoms with Crippen molar-refractivity contribution in [2.45, 2.75) is 18.2 Å². The van der Waals surface area contributed by atoms with Gasteiger partial charge in [-0.3, -0.25) is 14.6 Å². The first kappa shape index (κ1) is 23.8. The SMILES string of the molecule is COc1ccc(N2C(=O)C[C@H](SC(=NCc3ccc(Cl)cc3)Nc3ccc(F)cc3)C2=O)cc1. The number of ether oxygens (including phenoxy) is 1. The number of halogens is 2. The number of amidine groups is 1. The van der Waals surface area contributed by atoms with E-state index < -0.39 is 5.25 Å². The Morgan fingerprint density at radius 2 is 1.76 bits per heavy atom. The van der Waals surface area contributed by atoms with Crippen molar-refractivity contribution in [1.29, 1.82) is 0 Å². The molecule has 0 aromatic heterocycles. The highest BCUT2D eigenvalue weighted by molar-refractivity contribution is 8.15. The van der Waals surface area contributed by atoms with Crippen molar-refractivity contribution in [3.63, 3.8) is 0 Å². The first-order valence-electron chi connectivity index (χ1n) is 10.4. The average molecular weight is 498 g/mol. The molecule has 1 fully saturated rings. The number of hydrogen-bond acceptors (Lipinski definition) is 5. The molecule has 9 heteroatoms. The highest BCUT2D eigenvalue weighted by Gasteiger charge is 2.40. The number of thioether (sulfide) groups is 1. The summed E-state index contributed by atoms with van der Waals surface area (Å²) in [5.41, 5.74) is 2.04. The van der Waals surface area contributed by atoms with Gasteiger partial charge in [-0.2, -0.15) is 0 Å². The van der Waals surface area contributed by atoms with Gasteiger partial charge < -0.3 is 10.1 Å². The lowest BCUT2D eigenvalue weighted by atomic mass is 10.2. The summed E-state index contributed by atoms with van der Waals surface area (Å²) < 4.78 is 18.5. The van der Waals surface area contributed by atoms with Crippen molar-refractivity contribution in [2.75, 3.05) is 17.3 Å². The first-order valence-corrected chi connectivity index (χ1v) is 11.7. The first-order chi connectivity index (χ1) is 16.4. The second-order valence-corrected chi connectivity index (χ2v) is 9.08. The van der Waals surface area contributed by atoms with Crippen LogP contribution in [0.4, 0.5) is 15.8 Å². The average Bonchev–Trinajstić information content (AvgIpc) is 3.12. The van der Waals surface area contributed by atoms with Gasteiger partial charge in [0.05, 0.1) is 19.3 Å². The van der Waals surface area contributed by atoms with E-state index in [9.17, 15) is 14.0 Å². The van der Waals surface area contributed by atoms with Crippen LogP contribution in [0.2, 0.25) is 5.02 Å². The molecule has 2 amide bonds. The fourth-order valence-corrected chi connectivity index (χ4v) is 4.49. The van der Waals surface area contributed by atoms with Crippen molar-refractivity contribution >= 4 is 51.7 Å². The Bertz CT molecular complexity index is 1200. The lowest BCUT2D eigenvalue weighted by Gasteiger charge is -2.16. The van der Waals surface area contributed by atoms with E-state index in [1.54, 1.807) is 55.6 Å². The maximum atomic E-state index is 13.3. The molecular formula is C25H21ClFN3O3S. The van der Waals surface area contributed by atoms with Gasteiger partial charge in [0.25, 0.3) is 0 Å². The molecule has 174 valence electrons. The van der Waals surface area contributed by atoms with Crippen LogP contribution in [0.15, 0.2) is 77.8 Å². The number of amides is 2. The number of hydrogen-bond donors (Lipinski definition) is 1. The van der Waals surface area contributed by atoms with E-state index in [0.29, 0.717) is 33.9 Å². The molecule has 3 aromatic rings. The maximum Gasteiger partial charge on any atom is 0.247 e. The van der Waals surface area contributed by atoms with Gasteiger partial charge in [0, 0.05) is 17.1 Å². The molecule has 0 aliphatic carbocycles. The van der Waals surface area contributed by atoms with Crippen molar-refractivity contribution in [3.8, 4) is 5.75 Å². The molecule has 1 aliphatic rings. The van der Waals surface area contributed by atoms with Crippen LogP contribution in [0.3, 0.4) is 0 Å². The predicted octanol–water partition coefficient (Wildman–Crippen LogP) is 5.52. The summed E-state index contributed by atoms with van der Waals surface area (Å²) in [4.78, 5) is 31.6. The lowest BCUT2D eigenvalue weighted by Crippen LogP contribution is -2.31. The molecule has 6 nitrogen and oxygen atoms in total. The number of carbonyl (C=O) groups excluding carboxylic acids is 2. The molecule has 3 aromatic carbocycles. The standard InChI is InChI=1S/C25H21ClFN3O3S/c1-33-21-12-10-20(11-13-21)30-23(31)14-22(24(30)32)34-25(29-19-8-6-18(27)7-9-19)28-15-16-2-4-17(26)5-3-16/h2-13,22H,14-15H2,1H3,(H,28,29)/t22-/m0/s1. The molecule has 1 saturated heterocycles. The summed E-state index contributed by atoms with van der Waals surface area (Å²) in [6, 6.07) is 19.9. The minimum atomic E-state index is -0.647. The molecule has 1 aliphatic heterocycles. The van der Waals surface area contributed by atoms with Gasteiger partial charge in [-0.05, 0) is 66.2 Å². The number of imide groups is 1. The quantitative estimate of drug-likeness (QED) is 0.276. The molecule has 4 rings (SSSR count). The smallest absolute Gasteiger partial charge is 0.247 e. The Labute approximate surface area is 205 Å². The second-order valence-electron chi connectivity index (χ2n) is 7.46. The Hall–Kier alpha value is -3.36. The summed E-state index contributed by atoms with van der Waals surface area (Å²) in [7, 11) is 1.55. The van der Waals surface area contributed by atoms with Crippen molar-refractivity contribution < 1.29 is 18.7 Å². The van der Waals surface area contributed by atoms with Crippen LogP contribution in [-0.2, 0) is 16.1 Å². The zero-order valence-corrected chi connectivity index (χ0v) is 19.8. The molecule has 1 heterocycles. The number of benzene rings is 3. The number of methoxy groups -OCH3 is 1. The Balaban J connectivity index is 1.53. The molecule has 1 N–H and O–H groups in total. The van der Waals surface area contributed by atoms with Crippen LogP contribution in [0, 0.1) is 5.82 Å². The normalized spacial score (nSPS) is 16.1. The number of nitrogens with zero attached hydrogens (tertiary/aromatic N) is 2. The Morgan fingerprint density at radius 3 is 2.41 bits per heavy atom. The number of carbonyl (C=O) groups is 2. The number of rotatable bonds is 6. The van der Waals surface area contributed by atoms with Crippen LogP contribution in [0.25, 0.3) is 0 Å². The van der Waals surface area contributed by atoms with Crippen LogP contribution < -0.4 is 15.0 Å². The summed E-state index contributed by atoms with van der Waals surface area (Å²) in [5, 5.41) is 3.57. The van der Waals surface area contributed by atoms with Gasteiger partial charge in [0.15, 0.2) is 5.17 Å². The molecule has 0 unspecified atom stereocenters. The summed E-state index contributed by atoms with van der Waals surface area (Å²) in [6.07, 6.45) is 0.0423. The van der Waals surface area contributed by atoms with Crippen LogP contribution in [0.5, 0.6) is 5.75 Å². The van der Waals surface area contributed by atoms with Gasteiger partial charge in [-0.1, -0.05) is 35.5 Å². The van der Waals surface area contributed by atoms with E-state index in [4.69, 9.17) is 16.3 Å².